The van der Waals surface area contributed by atoms with Crippen LogP contribution in [0.4, 0.5) is 11.4 Å². The molecule has 2 rings (SSSR count). The number of carbonyl (C=O) groups excluding carboxylic acids is 2. The minimum absolute atomic E-state index is 0.117. The number of amides is 2. The molecule has 11 heteroatoms. The predicted molar refractivity (Wildman–Crippen MR) is 88.7 cm³/mol. The van der Waals surface area contributed by atoms with E-state index in [1.165, 1.54) is 19.2 Å². The number of methoxy groups -OCH3 is 1. The molecule has 10 nitrogen and oxygen atoms in total. The number of carboxylic acid groups (broad SMARTS) is 1. The Morgan fingerprint density at radius 3 is 2.80 bits per heavy atom. The van der Waals surface area contributed by atoms with Crippen LogP contribution in [0, 0.1) is 10.1 Å². The number of aliphatic carboxylic acids is 1. The fourth-order valence-electron chi connectivity index (χ4n) is 2.16. The van der Waals surface area contributed by atoms with E-state index in [-0.39, 0.29) is 29.3 Å². The van der Waals surface area contributed by atoms with Gasteiger partial charge in [0, 0.05) is 24.3 Å². The van der Waals surface area contributed by atoms with Gasteiger partial charge in [0.25, 0.3) is 5.69 Å². The van der Waals surface area contributed by atoms with Gasteiger partial charge in [0.1, 0.15) is 11.8 Å². The lowest BCUT2D eigenvalue weighted by Crippen LogP contribution is -2.51. The number of carboxylic acids is 1. The summed E-state index contributed by atoms with van der Waals surface area (Å²) in [4.78, 5) is 45.1. The monoisotopic (exact) mass is 369 g/mol. The third-order valence-corrected chi connectivity index (χ3v) is 4.72. The Morgan fingerprint density at radius 2 is 2.24 bits per heavy atom. The fourth-order valence-corrected chi connectivity index (χ4v) is 3.30. The van der Waals surface area contributed by atoms with Crippen molar-refractivity contribution in [3.8, 4) is 5.75 Å². The van der Waals surface area contributed by atoms with Crippen LogP contribution >= 0.6 is 11.8 Å². The molecule has 1 aliphatic rings. The molecular formula is C14H15N3O7S. The Morgan fingerprint density at radius 1 is 1.52 bits per heavy atom. The second-order valence-electron chi connectivity index (χ2n) is 5.12. The summed E-state index contributed by atoms with van der Waals surface area (Å²) in [5.74, 6) is -1.82. The van der Waals surface area contributed by atoms with Crippen LogP contribution in [0.25, 0.3) is 0 Å². The summed E-state index contributed by atoms with van der Waals surface area (Å²) in [5.41, 5.74) is -0.100. The van der Waals surface area contributed by atoms with Crippen molar-refractivity contribution in [3.63, 3.8) is 0 Å². The van der Waals surface area contributed by atoms with Crippen LogP contribution in [0.15, 0.2) is 18.2 Å². The average Bonchev–Trinajstić information content (AvgIpc) is 2.56. The molecule has 25 heavy (non-hydrogen) atoms. The third kappa shape index (κ3) is 4.59. The number of rotatable bonds is 6. The van der Waals surface area contributed by atoms with Crippen LogP contribution in [0.1, 0.15) is 6.42 Å². The van der Waals surface area contributed by atoms with Gasteiger partial charge in [-0.15, -0.1) is 11.8 Å². The number of nitrogens with one attached hydrogen (secondary N) is 2. The number of nitro benzene ring substituents is 1. The number of carbonyl (C=O) groups is 3. The Kier molecular flexibility index (Phi) is 5.80. The molecule has 1 aromatic rings. The van der Waals surface area contributed by atoms with Crippen molar-refractivity contribution >= 4 is 40.9 Å². The minimum atomic E-state index is -1.13. The summed E-state index contributed by atoms with van der Waals surface area (Å²) in [6.45, 7) is 0. The summed E-state index contributed by atoms with van der Waals surface area (Å²) < 4.78 is 5.05. The summed E-state index contributed by atoms with van der Waals surface area (Å²) in [6, 6.07) is 2.78. The van der Waals surface area contributed by atoms with Gasteiger partial charge in [-0.1, -0.05) is 0 Å². The maximum atomic E-state index is 12.1. The smallest absolute Gasteiger partial charge is 0.327 e. The largest absolute Gasteiger partial charge is 0.495 e. The van der Waals surface area contributed by atoms with Crippen LogP contribution in [-0.2, 0) is 14.4 Å². The first-order valence-electron chi connectivity index (χ1n) is 7.09. The molecule has 0 aliphatic carbocycles. The maximum Gasteiger partial charge on any atom is 0.327 e. The minimum Gasteiger partial charge on any atom is -0.495 e. The molecule has 1 aliphatic heterocycles. The SMILES string of the molecule is COc1ccc([N+](=O)[O-])cc1NC(=O)C[C@H]1SC[C@H](C(=O)O)NC1=O. The Hall–Kier alpha value is -2.82. The summed E-state index contributed by atoms with van der Waals surface area (Å²) >= 11 is 1.07. The zero-order valence-electron chi connectivity index (χ0n) is 13.1. The normalized spacial score (nSPS) is 19.6. The zero-order chi connectivity index (χ0) is 18.6. The van der Waals surface area contributed by atoms with Gasteiger partial charge < -0.3 is 20.5 Å². The van der Waals surface area contributed by atoms with Crippen molar-refractivity contribution in [3.05, 3.63) is 28.3 Å². The standard InChI is InChI=1S/C14H15N3O7S/c1-24-10-3-2-7(17(22)23)4-8(10)15-12(18)5-11-13(19)16-9(6-25-11)14(20)21/h2-4,9,11H,5-6H2,1H3,(H,15,18)(H,16,19)(H,20,21)/t9-,11-/m1/s1. The molecule has 1 saturated heterocycles. The van der Waals surface area contributed by atoms with E-state index in [0.29, 0.717) is 0 Å². The molecule has 1 heterocycles. The number of nitro groups is 1. The van der Waals surface area contributed by atoms with E-state index in [1.54, 1.807) is 0 Å². The number of anilines is 1. The van der Waals surface area contributed by atoms with E-state index in [1.807, 2.05) is 0 Å². The highest BCUT2D eigenvalue weighted by Crippen LogP contribution is 2.29. The molecule has 0 unspecified atom stereocenters. The second-order valence-corrected chi connectivity index (χ2v) is 6.35. The molecule has 2 atom stereocenters. The lowest BCUT2D eigenvalue weighted by Gasteiger charge is -2.25. The molecule has 0 bridgehead atoms. The second kappa shape index (κ2) is 7.83. The third-order valence-electron chi connectivity index (χ3n) is 3.41. The van der Waals surface area contributed by atoms with Crippen molar-refractivity contribution < 1.29 is 29.2 Å². The van der Waals surface area contributed by atoms with Gasteiger partial charge in [-0.3, -0.25) is 19.7 Å². The van der Waals surface area contributed by atoms with Crippen molar-refractivity contribution in [1.82, 2.24) is 5.32 Å². The Bertz CT molecular complexity index is 724. The molecule has 1 fully saturated rings. The molecule has 134 valence electrons. The molecule has 0 saturated carbocycles. The number of nitrogens with zero attached hydrogens (tertiary/aromatic N) is 1. The van der Waals surface area contributed by atoms with Crippen LogP contribution < -0.4 is 15.4 Å². The number of thioether (sulfide) groups is 1. The highest BCUT2D eigenvalue weighted by Gasteiger charge is 2.33. The number of benzene rings is 1. The maximum absolute atomic E-state index is 12.1. The van der Waals surface area contributed by atoms with E-state index in [2.05, 4.69) is 10.6 Å². The zero-order valence-corrected chi connectivity index (χ0v) is 13.9. The molecule has 0 radical (unpaired) electrons. The van der Waals surface area contributed by atoms with Crippen molar-refractivity contribution in [2.75, 3.05) is 18.2 Å². The molecule has 0 spiro atoms. The lowest BCUT2D eigenvalue weighted by atomic mass is 10.2. The van der Waals surface area contributed by atoms with E-state index in [4.69, 9.17) is 9.84 Å². The first-order chi connectivity index (χ1) is 11.8. The topological polar surface area (TPSA) is 148 Å². The number of hydrogen-bond acceptors (Lipinski definition) is 7. The van der Waals surface area contributed by atoms with Gasteiger partial charge in [0.15, 0.2) is 0 Å². The van der Waals surface area contributed by atoms with Gasteiger partial charge in [-0.25, -0.2) is 4.79 Å². The molecule has 2 amide bonds. The van der Waals surface area contributed by atoms with E-state index >= 15 is 0 Å². The van der Waals surface area contributed by atoms with Gasteiger partial charge in [-0.2, -0.15) is 0 Å². The first-order valence-corrected chi connectivity index (χ1v) is 8.13. The summed E-state index contributed by atoms with van der Waals surface area (Å²) in [7, 11) is 1.35. The highest BCUT2D eigenvalue weighted by molar-refractivity contribution is 8.00. The number of non-ortho nitro benzene ring substituents is 1. The number of ether oxygens (including phenoxy) is 1. The summed E-state index contributed by atoms with van der Waals surface area (Å²) in [6.07, 6.45) is -0.200. The predicted octanol–water partition coefficient (Wildman–Crippen LogP) is 0.617. The van der Waals surface area contributed by atoms with Crippen LogP contribution in [0.2, 0.25) is 0 Å². The van der Waals surface area contributed by atoms with Crippen LogP contribution in [0.3, 0.4) is 0 Å². The Balaban J connectivity index is 2.03. The van der Waals surface area contributed by atoms with Gasteiger partial charge in [0.2, 0.25) is 11.8 Å². The van der Waals surface area contributed by atoms with Crippen molar-refractivity contribution in [2.45, 2.75) is 17.7 Å². The number of hydrogen-bond donors (Lipinski definition) is 3. The van der Waals surface area contributed by atoms with E-state index < -0.39 is 34.0 Å². The van der Waals surface area contributed by atoms with Gasteiger partial charge in [0.05, 0.1) is 23.0 Å². The lowest BCUT2D eigenvalue weighted by molar-refractivity contribution is -0.384. The van der Waals surface area contributed by atoms with Gasteiger partial charge in [-0.05, 0) is 6.07 Å². The van der Waals surface area contributed by atoms with Crippen LogP contribution in [0.5, 0.6) is 5.75 Å². The molecule has 1 aromatic carbocycles. The van der Waals surface area contributed by atoms with E-state index in [9.17, 15) is 24.5 Å². The average molecular weight is 369 g/mol. The first kappa shape index (κ1) is 18.5. The molecule has 0 aromatic heterocycles. The van der Waals surface area contributed by atoms with E-state index in [0.717, 1.165) is 17.8 Å². The Labute approximate surface area is 146 Å². The quantitative estimate of drug-likeness (QED) is 0.488. The van der Waals surface area contributed by atoms with Crippen molar-refractivity contribution in [2.24, 2.45) is 0 Å². The fraction of sp³-hybridized carbons (Fsp3) is 0.357. The van der Waals surface area contributed by atoms with Crippen LogP contribution in [-0.4, -0.2) is 52.0 Å². The summed E-state index contributed by atoms with van der Waals surface area (Å²) in [5, 5.41) is 23.8. The van der Waals surface area contributed by atoms with Crippen molar-refractivity contribution in [1.29, 1.82) is 0 Å². The highest BCUT2D eigenvalue weighted by atomic mass is 32.2. The molecular weight excluding hydrogens is 354 g/mol. The molecule has 3 N–H and O–H groups in total. The van der Waals surface area contributed by atoms with Gasteiger partial charge >= 0.3 is 5.97 Å².